The van der Waals surface area contributed by atoms with E-state index in [0.29, 0.717) is 19.6 Å². The van der Waals surface area contributed by atoms with Crippen LogP contribution in [0.5, 0.6) is 0 Å². The first-order valence-corrected chi connectivity index (χ1v) is 8.43. The van der Waals surface area contributed by atoms with Gasteiger partial charge >= 0.3 is 0 Å². The monoisotopic (exact) mass is 291 g/mol. The molecular weight excluding hydrogens is 262 g/mol. The van der Waals surface area contributed by atoms with Crippen molar-refractivity contribution < 1.29 is 8.42 Å². The van der Waals surface area contributed by atoms with Crippen molar-refractivity contribution in [3.8, 4) is 0 Å². The molecule has 0 rings (SSSR count). The van der Waals surface area contributed by atoms with Gasteiger partial charge in [0.1, 0.15) is 0 Å². The third kappa shape index (κ3) is 7.06. The Balaban J connectivity index is 4.31. The van der Waals surface area contributed by atoms with Crippen LogP contribution < -0.4 is 5.32 Å². The van der Waals surface area contributed by atoms with Crippen molar-refractivity contribution in [1.82, 2.24) is 13.9 Å². The molecule has 0 saturated heterocycles. The first-order valence-electron chi connectivity index (χ1n) is 7.03. The first-order chi connectivity index (χ1) is 9.00. The highest BCUT2D eigenvalue weighted by Gasteiger charge is 2.24. The Morgan fingerprint density at radius 3 is 2.37 bits per heavy atom. The van der Waals surface area contributed by atoms with Gasteiger partial charge in [-0.15, -0.1) is 6.58 Å². The summed E-state index contributed by atoms with van der Waals surface area (Å²) in [6.07, 6.45) is 4.35. The fourth-order valence-electron chi connectivity index (χ4n) is 1.74. The van der Waals surface area contributed by atoms with E-state index in [-0.39, 0.29) is 0 Å². The van der Waals surface area contributed by atoms with Gasteiger partial charge in [0.2, 0.25) is 0 Å². The van der Waals surface area contributed by atoms with Crippen molar-refractivity contribution in [1.29, 1.82) is 0 Å². The van der Waals surface area contributed by atoms with Crippen molar-refractivity contribution in [2.75, 3.05) is 39.8 Å². The van der Waals surface area contributed by atoms with Crippen LogP contribution in [0.4, 0.5) is 0 Å². The molecule has 0 aliphatic carbocycles. The molecule has 0 saturated carbocycles. The fraction of sp³-hybridized carbons (Fsp3) is 0.846. The molecule has 0 aromatic carbocycles. The zero-order chi connectivity index (χ0) is 14.7. The van der Waals surface area contributed by atoms with E-state index >= 15 is 0 Å². The predicted molar refractivity (Wildman–Crippen MR) is 81.4 cm³/mol. The SMILES string of the molecule is C=CCN(CCC)S(=O)(=O)N(C)CCCNCCC. The van der Waals surface area contributed by atoms with E-state index in [4.69, 9.17) is 0 Å². The normalized spacial score (nSPS) is 12.3. The summed E-state index contributed by atoms with van der Waals surface area (Å²) in [5.41, 5.74) is 0. The molecule has 0 fully saturated rings. The van der Waals surface area contributed by atoms with Gasteiger partial charge in [0.25, 0.3) is 10.2 Å². The predicted octanol–water partition coefficient (Wildman–Crippen LogP) is 1.45. The molecule has 0 spiro atoms. The lowest BCUT2D eigenvalue weighted by atomic mass is 10.4. The van der Waals surface area contributed by atoms with Crippen LogP contribution in [0.15, 0.2) is 12.7 Å². The lowest BCUT2D eigenvalue weighted by molar-refractivity contribution is 0.372. The molecule has 0 radical (unpaired) electrons. The Hall–Kier alpha value is -0.430. The van der Waals surface area contributed by atoms with Crippen molar-refractivity contribution in [3.05, 3.63) is 12.7 Å². The van der Waals surface area contributed by atoms with Gasteiger partial charge in [-0.2, -0.15) is 17.0 Å². The van der Waals surface area contributed by atoms with Crippen LogP contribution in [0.1, 0.15) is 33.1 Å². The minimum atomic E-state index is -3.35. The molecule has 0 amide bonds. The van der Waals surface area contributed by atoms with Crippen LogP contribution in [0, 0.1) is 0 Å². The number of nitrogens with zero attached hydrogens (tertiary/aromatic N) is 2. The topological polar surface area (TPSA) is 52.7 Å². The van der Waals surface area contributed by atoms with Gasteiger partial charge in [-0.25, -0.2) is 0 Å². The van der Waals surface area contributed by atoms with Crippen LogP contribution in [-0.2, 0) is 10.2 Å². The molecule has 0 heterocycles. The minimum absolute atomic E-state index is 0.370. The maximum atomic E-state index is 12.3. The Labute approximate surface area is 118 Å². The van der Waals surface area contributed by atoms with E-state index in [1.54, 1.807) is 13.1 Å². The van der Waals surface area contributed by atoms with Crippen molar-refractivity contribution in [2.24, 2.45) is 0 Å². The summed E-state index contributed by atoms with van der Waals surface area (Å²) in [4.78, 5) is 0. The Kier molecular flexibility index (Phi) is 10.1. The van der Waals surface area contributed by atoms with Gasteiger partial charge in [0, 0.05) is 26.7 Å². The van der Waals surface area contributed by atoms with Gasteiger partial charge in [-0.05, 0) is 32.4 Å². The van der Waals surface area contributed by atoms with Crippen LogP contribution >= 0.6 is 0 Å². The van der Waals surface area contributed by atoms with Crippen LogP contribution in [-0.4, -0.2) is 56.8 Å². The quantitative estimate of drug-likeness (QED) is 0.437. The maximum Gasteiger partial charge on any atom is 0.282 e. The van der Waals surface area contributed by atoms with E-state index in [0.717, 1.165) is 32.4 Å². The van der Waals surface area contributed by atoms with Gasteiger partial charge in [-0.1, -0.05) is 19.9 Å². The standard InChI is InChI=1S/C13H29N3O2S/c1-5-9-14-10-8-13-15(4)19(17,18)16(11-6-2)12-7-3/h6,14H,2,5,7-13H2,1,3-4H3. The van der Waals surface area contributed by atoms with Crippen LogP contribution in [0.25, 0.3) is 0 Å². The molecular formula is C13H29N3O2S. The zero-order valence-corrected chi connectivity index (χ0v) is 13.4. The van der Waals surface area contributed by atoms with Gasteiger partial charge in [0.15, 0.2) is 0 Å². The second-order valence-electron chi connectivity index (χ2n) is 4.58. The second kappa shape index (κ2) is 10.4. The minimum Gasteiger partial charge on any atom is -0.317 e. The second-order valence-corrected chi connectivity index (χ2v) is 6.61. The summed E-state index contributed by atoms with van der Waals surface area (Å²) in [5, 5.41) is 3.27. The summed E-state index contributed by atoms with van der Waals surface area (Å²) < 4.78 is 27.5. The highest BCUT2D eigenvalue weighted by molar-refractivity contribution is 7.86. The summed E-state index contributed by atoms with van der Waals surface area (Å²) in [5.74, 6) is 0. The summed E-state index contributed by atoms with van der Waals surface area (Å²) in [7, 11) is -1.71. The molecule has 0 bridgehead atoms. The number of rotatable bonds is 12. The van der Waals surface area contributed by atoms with Gasteiger partial charge in [-0.3, -0.25) is 0 Å². The Bertz CT molecular complexity index is 331. The average Bonchev–Trinajstić information content (AvgIpc) is 2.38. The molecule has 0 aliphatic rings. The van der Waals surface area contributed by atoms with Crippen molar-refractivity contribution in [2.45, 2.75) is 33.1 Å². The molecule has 19 heavy (non-hydrogen) atoms. The molecule has 114 valence electrons. The lowest BCUT2D eigenvalue weighted by Gasteiger charge is -2.26. The van der Waals surface area contributed by atoms with Gasteiger partial charge < -0.3 is 5.32 Å². The molecule has 6 heteroatoms. The van der Waals surface area contributed by atoms with Crippen LogP contribution in [0.2, 0.25) is 0 Å². The number of hydrogen-bond donors (Lipinski definition) is 1. The van der Waals surface area contributed by atoms with E-state index in [1.807, 2.05) is 6.92 Å². The highest BCUT2D eigenvalue weighted by Crippen LogP contribution is 2.07. The molecule has 5 nitrogen and oxygen atoms in total. The van der Waals surface area contributed by atoms with E-state index in [9.17, 15) is 8.42 Å². The third-order valence-corrected chi connectivity index (χ3v) is 4.73. The molecule has 0 aromatic rings. The Morgan fingerprint density at radius 1 is 1.16 bits per heavy atom. The molecule has 1 N–H and O–H groups in total. The van der Waals surface area contributed by atoms with Crippen LogP contribution in [0.3, 0.4) is 0 Å². The summed E-state index contributed by atoms with van der Waals surface area (Å²) >= 11 is 0. The summed E-state index contributed by atoms with van der Waals surface area (Å²) in [6, 6.07) is 0. The summed E-state index contributed by atoms with van der Waals surface area (Å²) in [6.45, 7) is 11.0. The van der Waals surface area contributed by atoms with E-state index < -0.39 is 10.2 Å². The third-order valence-electron chi connectivity index (χ3n) is 2.78. The van der Waals surface area contributed by atoms with Crippen molar-refractivity contribution in [3.63, 3.8) is 0 Å². The molecule has 0 unspecified atom stereocenters. The number of hydrogen-bond acceptors (Lipinski definition) is 3. The number of nitrogens with one attached hydrogen (secondary N) is 1. The average molecular weight is 291 g/mol. The fourth-order valence-corrected chi connectivity index (χ4v) is 3.20. The van der Waals surface area contributed by atoms with Crippen molar-refractivity contribution >= 4 is 10.2 Å². The zero-order valence-electron chi connectivity index (χ0n) is 12.6. The van der Waals surface area contributed by atoms with E-state index in [2.05, 4.69) is 18.8 Å². The van der Waals surface area contributed by atoms with E-state index in [1.165, 1.54) is 8.61 Å². The molecule has 0 aliphatic heterocycles. The van der Waals surface area contributed by atoms with Gasteiger partial charge in [0.05, 0.1) is 0 Å². The maximum absolute atomic E-state index is 12.3. The lowest BCUT2D eigenvalue weighted by Crippen LogP contribution is -2.43. The highest BCUT2D eigenvalue weighted by atomic mass is 32.2. The molecule has 0 atom stereocenters. The Morgan fingerprint density at radius 2 is 1.84 bits per heavy atom. The smallest absolute Gasteiger partial charge is 0.282 e. The molecule has 0 aromatic heterocycles. The first kappa shape index (κ1) is 18.6. The largest absolute Gasteiger partial charge is 0.317 e.